The largest absolute Gasteiger partial charge is 0.333 e. The molecule has 7 rings (SSSR count). The molecule has 3 N–H and O–H groups in total. The van der Waals surface area contributed by atoms with Crippen LogP contribution in [0, 0.1) is 11.6 Å². The van der Waals surface area contributed by atoms with Crippen LogP contribution in [0.1, 0.15) is 24.3 Å². The second-order valence-corrected chi connectivity index (χ2v) is 13.1. The van der Waals surface area contributed by atoms with E-state index in [2.05, 4.69) is 31.4 Å². The van der Waals surface area contributed by atoms with Crippen molar-refractivity contribution in [1.82, 2.24) is 29.8 Å². The van der Waals surface area contributed by atoms with Gasteiger partial charge in [-0.05, 0) is 79.9 Å². The first-order valence-corrected chi connectivity index (χ1v) is 16.5. The minimum Gasteiger partial charge on any atom is -0.333 e. The van der Waals surface area contributed by atoms with Crippen molar-refractivity contribution in [3.05, 3.63) is 101 Å². The molecular weight excluding hydrogens is 657 g/mol. The van der Waals surface area contributed by atoms with Crippen LogP contribution in [0.3, 0.4) is 0 Å². The standard InChI is InChI=1S/C31H24Cl2F2N8O2S/c32-19-4-2-6-24(26(19)33)46(44,45)42-21-8-7-20(34)29(27(21)35)41-31-30-22(37-15-38-31)9-10-25(40-30)43-16-39-28-18(3-1-5-23(28)43)17-11-13-36-14-12-17/h1-10,15-17,36,42H,11-14H2,(H,37,38,41). The number of rotatable bonds is 7. The van der Waals surface area contributed by atoms with Crippen molar-refractivity contribution in [3.8, 4) is 5.82 Å². The van der Waals surface area contributed by atoms with Gasteiger partial charge in [0.2, 0.25) is 0 Å². The molecule has 6 aromatic rings. The van der Waals surface area contributed by atoms with E-state index in [-0.39, 0.29) is 26.3 Å². The van der Waals surface area contributed by atoms with Crippen molar-refractivity contribution in [2.45, 2.75) is 23.7 Å². The zero-order valence-electron chi connectivity index (χ0n) is 23.8. The van der Waals surface area contributed by atoms with Crippen LogP contribution in [0.15, 0.2) is 78.2 Å². The maximum atomic E-state index is 15.7. The fourth-order valence-electron chi connectivity index (χ4n) is 5.62. The predicted molar refractivity (Wildman–Crippen MR) is 174 cm³/mol. The number of sulfonamides is 1. The molecule has 3 aromatic carbocycles. The Balaban J connectivity index is 1.25. The summed E-state index contributed by atoms with van der Waals surface area (Å²) in [6.45, 7) is 1.91. The summed E-state index contributed by atoms with van der Waals surface area (Å²) in [5, 5.41) is 5.81. The van der Waals surface area contributed by atoms with E-state index in [1.54, 1.807) is 18.5 Å². The van der Waals surface area contributed by atoms with E-state index in [0.717, 1.165) is 49.1 Å². The molecule has 46 heavy (non-hydrogen) atoms. The second kappa shape index (κ2) is 12.1. The summed E-state index contributed by atoms with van der Waals surface area (Å²) in [6.07, 6.45) is 4.97. The number of nitrogens with one attached hydrogen (secondary N) is 3. The number of piperidine rings is 1. The zero-order valence-corrected chi connectivity index (χ0v) is 26.1. The lowest BCUT2D eigenvalue weighted by Crippen LogP contribution is -2.26. The van der Waals surface area contributed by atoms with E-state index in [9.17, 15) is 8.42 Å². The maximum absolute atomic E-state index is 15.7. The lowest BCUT2D eigenvalue weighted by molar-refractivity contribution is 0.462. The van der Waals surface area contributed by atoms with Crippen molar-refractivity contribution in [2.75, 3.05) is 23.1 Å². The Kier molecular flexibility index (Phi) is 7.93. The average molecular weight is 682 g/mol. The van der Waals surface area contributed by atoms with Gasteiger partial charge < -0.3 is 10.6 Å². The maximum Gasteiger partial charge on any atom is 0.263 e. The lowest BCUT2D eigenvalue weighted by Gasteiger charge is -2.23. The van der Waals surface area contributed by atoms with Crippen molar-refractivity contribution in [3.63, 3.8) is 0 Å². The Hall–Kier alpha value is -4.43. The van der Waals surface area contributed by atoms with Gasteiger partial charge in [0.15, 0.2) is 11.6 Å². The van der Waals surface area contributed by atoms with Gasteiger partial charge in [-0.2, -0.15) is 0 Å². The van der Waals surface area contributed by atoms with Gasteiger partial charge in [0.05, 0.1) is 32.3 Å². The molecule has 0 saturated carbocycles. The monoisotopic (exact) mass is 680 g/mol. The minimum atomic E-state index is -4.39. The summed E-state index contributed by atoms with van der Waals surface area (Å²) in [7, 11) is -4.39. The van der Waals surface area contributed by atoms with Crippen molar-refractivity contribution >= 4 is 72.5 Å². The molecule has 234 valence electrons. The fourth-order valence-corrected chi connectivity index (χ4v) is 7.44. The van der Waals surface area contributed by atoms with Gasteiger partial charge in [-0.3, -0.25) is 9.29 Å². The number of aromatic nitrogens is 5. The Bertz CT molecular complexity index is 2240. The summed E-state index contributed by atoms with van der Waals surface area (Å²) < 4.78 is 60.8. The van der Waals surface area contributed by atoms with Gasteiger partial charge in [0.25, 0.3) is 10.0 Å². The Morgan fingerprint density at radius 3 is 2.54 bits per heavy atom. The molecule has 0 aliphatic carbocycles. The van der Waals surface area contributed by atoms with E-state index in [0.29, 0.717) is 17.3 Å². The normalized spacial score (nSPS) is 14.2. The fraction of sp³-hybridized carbons (Fsp3) is 0.161. The number of halogens is 4. The highest BCUT2D eigenvalue weighted by Gasteiger charge is 2.24. The molecule has 1 saturated heterocycles. The van der Waals surface area contributed by atoms with E-state index >= 15 is 8.78 Å². The van der Waals surface area contributed by atoms with Crippen LogP contribution in [0.5, 0.6) is 0 Å². The second-order valence-electron chi connectivity index (χ2n) is 10.7. The Morgan fingerprint density at radius 2 is 1.72 bits per heavy atom. The van der Waals surface area contributed by atoms with E-state index in [1.807, 2.05) is 16.7 Å². The number of para-hydroxylation sites is 1. The van der Waals surface area contributed by atoms with Crippen LogP contribution < -0.4 is 15.4 Å². The number of nitrogens with zero attached hydrogens (tertiary/aromatic N) is 5. The van der Waals surface area contributed by atoms with Crippen LogP contribution >= 0.6 is 23.2 Å². The third kappa shape index (κ3) is 5.49. The first-order valence-electron chi connectivity index (χ1n) is 14.2. The van der Waals surface area contributed by atoms with Crippen LogP contribution in [-0.2, 0) is 10.0 Å². The van der Waals surface area contributed by atoms with Crippen molar-refractivity contribution in [2.24, 2.45) is 0 Å². The number of hydrogen-bond donors (Lipinski definition) is 3. The van der Waals surface area contributed by atoms with E-state index in [1.165, 1.54) is 30.1 Å². The highest BCUT2D eigenvalue weighted by atomic mass is 35.5. The lowest BCUT2D eigenvalue weighted by atomic mass is 9.89. The Morgan fingerprint density at radius 1 is 0.913 bits per heavy atom. The molecular formula is C31H24Cl2F2N8O2S. The smallest absolute Gasteiger partial charge is 0.263 e. The molecule has 0 radical (unpaired) electrons. The van der Waals surface area contributed by atoms with Crippen molar-refractivity contribution < 1.29 is 17.2 Å². The molecule has 10 nitrogen and oxygen atoms in total. The van der Waals surface area contributed by atoms with Crippen LogP contribution in [0.25, 0.3) is 27.9 Å². The number of benzene rings is 3. The van der Waals surface area contributed by atoms with Crippen molar-refractivity contribution in [1.29, 1.82) is 0 Å². The van der Waals surface area contributed by atoms with Gasteiger partial charge in [-0.25, -0.2) is 37.1 Å². The number of imidazole rings is 1. The van der Waals surface area contributed by atoms with Crippen LogP contribution in [0.4, 0.5) is 26.0 Å². The topological polar surface area (TPSA) is 127 Å². The molecule has 0 amide bonds. The van der Waals surface area contributed by atoms with Gasteiger partial charge in [-0.15, -0.1) is 0 Å². The van der Waals surface area contributed by atoms with Gasteiger partial charge in [-0.1, -0.05) is 41.4 Å². The highest BCUT2D eigenvalue weighted by molar-refractivity contribution is 7.92. The van der Waals surface area contributed by atoms with E-state index < -0.39 is 33.0 Å². The molecule has 0 atom stereocenters. The first kappa shape index (κ1) is 30.2. The summed E-state index contributed by atoms with van der Waals surface area (Å²) in [6, 6.07) is 15.5. The zero-order chi connectivity index (χ0) is 32.0. The quantitative estimate of drug-likeness (QED) is 0.165. The molecule has 4 heterocycles. The molecule has 0 unspecified atom stereocenters. The van der Waals surface area contributed by atoms with E-state index in [4.69, 9.17) is 33.2 Å². The SMILES string of the molecule is O=S(=O)(Nc1ccc(F)c(Nc2ncnc3ccc(-n4cnc5c(C6CCNCC6)cccc54)nc23)c1F)c1cccc(Cl)c1Cl. The molecule has 15 heteroatoms. The molecule has 3 aromatic heterocycles. The van der Waals surface area contributed by atoms with Gasteiger partial charge >= 0.3 is 0 Å². The third-order valence-electron chi connectivity index (χ3n) is 7.89. The Labute approximate surface area is 271 Å². The minimum absolute atomic E-state index is 0.000104. The van der Waals surface area contributed by atoms with Crippen LogP contribution in [-0.4, -0.2) is 46.0 Å². The number of fused-ring (bicyclic) bond motifs is 2. The summed E-state index contributed by atoms with van der Waals surface area (Å²) in [5.41, 5.74) is 2.41. The van der Waals surface area contributed by atoms with Gasteiger partial charge in [0.1, 0.15) is 40.4 Å². The number of anilines is 3. The van der Waals surface area contributed by atoms with Crippen LogP contribution in [0.2, 0.25) is 10.0 Å². The average Bonchev–Trinajstić information content (AvgIpc) is 3.50. The first-order chi connectivity index (χ1) is 22.2. The summed E-state index contributed by atoms with van der Waals surface area (Å²) in [4.78, 5) is 17.6. The highest BCUT2D eigenvalue weighted by Crippen LogP contribution is 2.35. The number of hydrogen-bond acceptors (Lipinski definition) is 8. The molecule has 0 spiro atoms. The predicted octanol–water partition coefficient (Wildman–Crippen LogP) is 6.96. The summed E-state index contributed by atoms with van der Waals surface area (Å²) in [5.74, 6) is -1.31. The summed E-state index contributed by atoms with van der Waals surface area (Å²) >= 11 is 12.0. The molecule has 1 aliphatic rings. The van der Waals surface area contributed by atoms with Gasteiger partial charge in [0, 0.05) is 0 Å². The molecule has 1 aliphatic heterocycles. The molecule has 0 bridgehead atoms. The third-order valence-corrected chi connectivity index (χ3v) is 10.2. The molecule has 1 fully saturated rings. The number of pyridine rings is 1.